The van der Waals surface area contributed by atoms with Crippen molar-refractivity contribution in [1.82, 2.24) is 5.32 Å². The van der Waals surface area contributed by atoms with Crippen LogP contribution in [0.5, 0.6) is 5.75 Å². The van der Waals surface area contributed by atoms with Crippen molar-refractivity contribution >= 4 is 0 Å². The summed E-state index contributed by atoms with van der Waals surface area (Å²) in [7, 11) is 1.74. The smallest absolute Gasteiger partial charge is 0.123 e. The summed E-state index contributed by atoms with van der Waals surface area (Å²) in [6.07, 6.45) is 8.51. The first-order valence-electron chi connectivity index (χ1n) is 7.67. The number of rotatable bonds is 6. The lowest BCUT2D eigenvalue weighted by Gasteiger charge is -2.23. The Bertz CT molecular complexity index is 371. The van der Waals surface area contributed by atoms with E-state index in [9.17, 15) is 0 Å². The average Bonchev–Trinajstić information content (AvgIpc) is 2.48. The van der Waals surface area contributed by atoms with Gasteiger partial charge in [-0.1, -0.05) is 50.3 Å². The van der Waals surface area contributed by atoms with Gasteiger partial charge < -0.3 is 10.1 Å². The molecule has 0 radical (unpaired) electrons. The Morgan fingerprint density at radius 2 is 1.95 bits per heavy atom. The van der Waals surface area contributed by atoms with E-state index in [1.807, 2.05) is 12.1 Å². The molecule has 19 heavy (non-hydrogen) atoms. The van der Waals surface area contributed by atoms with Gasteiger partial charge in [-0.15, -0.1) is 0 Å². The maximum absolute atomic E-state index is 5.42. The molecule has 0 bridgehead atoms. The standard InChI is InChI=1S/C17H27NO/c1-14(16-10-6-7-11-17(16)19-2)18-13-12-15-8-4-3-5-9-15/h6-7,10-11,14-15,18H,3-5,8-9,12-13H2,1-2H3/t14-/m0/s1. The molecule has 0 saturated heterocycles. The summed E-state index contributed by atoms with van der Waals surface area (Å²) in [5.41, 5.74) is 1.26. The summed E-state index contributed by atoms with van der Waals surface area (Å²) >= 11 is 0. The fraction of sp³-hybridized carbons (Fsp3) is 0.647. The van der Waals surface area contributed by atoms with Crippen molar-refractivity contribution in [3.05, 3.63) is 29.8 Å². The van der Waals surface area contributed by atoms with E-state index in [-0.39, 0.29) is 0 Å². The summed E-state index contributed by atoms with van der Waals surface area (Å²) in [4.78, 5) is 0. The van der Waals surface area contributed by atoms with Crippen LogP contribution < -0.4 is 10.1 Å². The van der Waals surface area contributed by atoms with E-state index < -0.39 is 0 Å². The Morgan fingerprint density at radius 3 is 2.68 bits per heavy atom. The van der Waals surface area contributed by atoms with Gasteiger partial charge in [0.1, 0.15) is 5.75 Å². The van der Waals surface area contributed by atoms with Crippen molar-refractivity contribution in [3.63, 3.8) is 0 Å². The molecular formula is C17H27NO. The Hall–Kier alpha value is -1.02. The molecule has 1 aromatic carbocycles. The van der Waals surface area contributed by atoms with Gasteiger partial charge in [0.2, 0.25) is 0 Å². The number of hydrogen-bond acceptors (Lipinski definition) is 2. The van der Waals surface area contributed by atoms with E-state index in [1.165, 1.54) is 44.1 Å². The molecule has 2 rings (SSSR count). The molecule has 1 N–H and O–H groups in total. The summed E-state index contributed by atoms with van der Waals surface area (Å²) in [6.45, 7) is 3.34. The van der Waals surface area contributed by atoms with E-state index in [0.717, 1.165) is 18.2 Å². The zero-order chi connectivity index (χ0) is 13.5. The van der Waals surface area contributed by atoms with Crippen molar-refractivity contribution in [2.75, 3.05) is 13.7 Å². The predicted octanol–water partition coefficient (Wildman–Crippen LogP) is 4.32. The van der Waals surface area contributed by atoms with Gasteiger partial charge in [0, 0.05) is 11.6 Å². The van der Waals surface area contributed by atoms with Crippen LogP contribution in [-0.4, -0.2) is 13.7 Å². The third-order valence-corrected chi connectivity index (χ3v) is 4.33. The van der Waals surface area contributed by atoms with Crippen LogP contribution in [0, 0.1) is 5.92 Å². The van der Waals surface area contributed by atoms with Gasteiger partial charge in [-0.05, 0) is 31.9 Å². The predicted molar refractivity (Wildman–Crippen MR) is 80.6 cm³/mol. The molecule has 2 heteroatoms. The second kappa shape index (κ2) is 7.54. The lowest BCUT2D eigenvalue weighted by molar-refractivity contribution is 0.328. The van der Waals surface area contributed by atoms with Crippen molar-refractivity contribution in [3.8, 4) is 5.75 Å². The Balaban J connectivity index is 1.78. The van der Waals surface area contributed by atoms with Crippen molar-refractivity contribution < 1.29 is 4.74 Å². The first-order chi connectivity index (χ1) is 9.31. The van der Waals surface area contributed by atoms with Crippen LogP contribution in [0.3, 0.4) is 0 Å². The second-order valence-electron chi connectivity index (χ2n) is 5.71. The summed E-state index contributed by atoms with van der Waals surface area (Å²) in [5.74, 6) is 1.94. The number of para-hydroxylation sites is 1. The molecule has 0 amide bonds. The highest BCUT2D eigenvalue weighted by atomic mass is 16.5. The molecule has 0 unspecified atom stereocenters. The molecule has 1 aromatic rings. The molecule has 1 atom stereocenters. The quantitative estimate of drug-likeness (QED) is 0.823. The lowest BCUT2D eigenvalue weighted by atomic mass is 9.87. The summed E-state index contributed by atoms with van der Waals surface area (Å²) in [6, 6.07) is 8.65. The SMILES string of the molecule is COc1ccccc1[C@H](C)NCCC1CCCCC1. The van der Waals surface area contributed by atoms with Crippen LogP contribution in [-0.2, 0) is 0 Å². The van der Waals surface area contributed by atoms with Crippen LogP contribution >= 0.6 is 0 Å². The molecule has 1 aliphatic carbocycles. The first kappa shape index (κ1) is 14.4. The normalized spacial score (nSPS) is 18.2. The Labute approximate surface area is 117 Å². The third kappa shape index (κ3) is 4.24. The van der Waals surface area contributed by atoms with E-state index in [4.69, 9.17) is 4.74 Å². The molecule has 1 saturated carbocycles. The fourth-order valence-corrected chi connectivity index (χ4v) is 3.11. The van der Waals surface area contributed by atoms with Crippen molar-refractivity contribution in [2.45, 2.75) is 51.5 Å². The second-order valence-corrected chi connectivity index (χ2v) is 5.71. The highest BCUT2D eigenvalue weighted by molar-refractivity contribution is 5.35. The topological polar surface area (TPSA) is 21.3 Å². The average molecular weight is 261 g/mol. The molecule has 2 nitrogen and oxygen atoms in total. The lowest BCUT2D eigenvalue weighted by Crippen LogP contribution is -2.23. The zero-order valence-electron chi connectivity index (χ0n) is 12.3. The van der Waals surface area contributed by atoms with Gasteiger partial charge in [-0.2, -0.15) is 0 Å². The highest BCUT2D eigenvalue weighted by Crippen LogP contribution is 2.27. The molecule has 106 valence electrons. The van der Waals surface area contributed by atoms with Gasteiger partial charge in [-0.3, -0.25) is 0 Å². The largest absolute Gasteiger partial charge is 0.496 e. The van der Waals surface area contributed by atoms with Crippen LogP contribution in [0.4, 0.5) is 0 Å². The van der Waals surface area contributed by atoms with E-state index >= 15 is 0 Å². The van der Waals surface area contributed by atoms with Crippen molar-refractivity contribution in [2.24, 2.45) is 5.92 Å². The minimum Gasteiger partial charge on any atom is -0.496 e. The van der Waals surface area contributed by atoms with Gasteiger partial charge in [0.05, 0.1) is 7.11 Å². The van der Waals surface area contributed by atoms with Gasteiger partial charge >= 0.3 is 0 Å². The minimum absolute atomic E-state index is 0.361. The Kier molecular flexibility index (Phi) is 5.71. The van der Waals surface area contributed by atoms with Crippen LogP contribution in [0.1, 0.15) is 57.1 Å². The first-order valence-corrected chi connectivity index (χ1v) is 7.67. The maximum Gasteiger partial charge on any atom is 0.123 e. The Morgan fingerprint density at radius 1 is 1.21 bits per heavy atom. The fourth-order valence-electron chi connectivity index (χ4n) is 3.11. The summed E-state index contributed by atoms with van der Waals surface area (Å²) < 4.78 is 5.42. The third-order valence-electron chi connectivity index (χ3n) is 4.33. The number of ether oxygens (including phenoxy) is 1. The number of methoxy groups -OCH3 is 1. The zero-order valence-corrected chi connectivity index (χ0v) is 12.3. The van der Waals surface area contributed by atoms with Crippen LogP contribution in [0.15, 0.2) is 24.3 Å². The molecule has 1 fully saturated rings. The van der Waals surface area contributed by atoms with E-state index in [2.05, 4.69) is 24.4 Å². The van der Waals surface area contributed by atoms with Crippen LogP contribution in [0.25, 0.3) is 0 Å². The van der Waals surface area contributed by atoms with E-state index in [0.29, 0.717) is 6.04 Å². The van der Waals surface area contributed by atoms with Crippen LogP contribution in [0.2, 0.25) is 0 Å². The van der Waals surface area contributed by atoms with Crippen molar-refractivity contribution in [1.29, 1.82) is 0 Å². The summed E-state index contributed by atoms with van der Waals surface area (Å²) in [5, 5.41) is 3.64. The molecule has 0 heterocycles. The van der Waals surface area contributed by atoms with E-state index in [1.54, 1.807) is 7.11 Å². The molecule has 0 spiro atoms. The van der Waals surface area contributed by atoms with Gasteiger partial charge in [-0.25, -0.2) is 0 Å². The molecule has 1 aliphatic rings. The monoisotopic (exact) mass is 261 g/mol. The molecule has 0 aromatic heterocycles. The maximum atomic E-state index is 5.42. The highest BCUT2D eigenvalue weighted by Gasteiger charge is 2.14. The number of hydrogen-bond donors (Lipinski definition) is 1. The molecular weight excluding hydrogens is 234 g/mol. The minimum atomic E-state index is 0.361. The van der Waals surface area contributed by atoms with Gasteiger partial charge in [0.25, 0.3) is 0 Å². The number of nitrogens with one attached hydrogen (secondary N) is 1. The molecule has 0 aliphatic heterocycles. The van der Waals surface area contributed by atoms with Gasteiger partial charge in [0.15, 0.2) is 0 Å². The number of benzene rings is 1.